The van der Waals surface area contributed by atoms with E-state index in [0.29, 0.717) is 0 Å². The first-order chi connectivity index (χ1) is 12.5. The molecule has 3 atom stereocenters. The van der Waals surface area contributed by atoms with Gasteiger partial charge in [0.25, 0.3) is 5.91 Å². The molecule has 0 saturated carbocycles. The fraction of sp³-hybridized carbons (Fsp3) is 0.882. The Morgan fingerprint density at radius 2 is 1.63 bits per heavy atom. The van der Waals surface area contributed by atoms with Crippen LogP contribution >= 0.6 is 7.60 Å². The largest absolute Gasteiger partial charge is 0.411 e. The molecule has 0 spiro atoms. The summed E-state index contributed by atoms with van der Waals surface area (Å²) in [6.45, 7) is 10.2. The van der Waals surface area contributed by atoms with Crippen LogP contribution < -0.4 is 5.73 Å². The van der Waals surface area contributed by atoms with Crippen LogP contribution in [0.2, 0.25) is 18.1 Å². The first-order valence-corrected chi connectivity index (χ1v) is 13.7. The van der Waals surface area contributed by atoms with E-state index in [9.17, 15) is 14.2 Å². The Balaban J connectivity index is 3.15. The lowest BCUT2D eigenvalue weighted by molar-refractivity contribution is -0.132. The summed E-state index contributed by atoms with van der Waals surface area (Å²) in [7, 11) is -3.28. The Morgan fingerprint density at radius 3 is 1.96 bits per heavy atom. The van der Waals surface area contributed by atoms with Crippen LogP contribution in [-0.2, 0) is 32.4 Å². The molecule has 0 unspecified atom stereocenters. The maximum absolute atomic E-state index is 12.8. The van der Waals surface area contributed by atoms with E-state index >= 15 is 0 Å². The fourth-order valence-corrected chi connectivity index (χ4v) is 7.32. The van der Waals surface area contributed by atoms with Crippen molar-refractivity contribution in [3.05, 3.63) is 0 Å². The third kappa shape index (κ3) is 4.89. The first kappa shape index (κ1) is 24.5. The quantitative estimate of drug-likeness (QED) is 0.209. The van der Waals surface area contributed by atoms with Gasteiger partial charge in [-0.15, -0.1) is 0 Å². The zero-order valence-corrected chi connectivity index (χ0v) is 19.3. The Kier molecular flexibility index (Phi) is 8.41. The molecule has 2 N–H and O–H groups in total. The number of amides is 1. The molecule has 1 fully saturated rings. The van der Waals surface area contributed by atoms with E-state index in [1.807, 2.05) is 13.8 Å². The summed E-state index contributed by atoms with van der Waals surface area (Å²) < 4.78 is 34.1. The summed E-state index contributed by atoms with van der Waals surface area (Å²) in [4.78, 5) is 25.0. The molecular formula is C17H34NO7PSi. The first-order valence-electron chi connectivity index (χ1n) is 9.40. The van der Waals surface area contributed by atoms with Crippen molar-refractivity contribution in [2.75, 3.05) is 20.4 Å². The van der Waals surface area contributed by atoms with Gasteiger partial charge in [-0.25, -0.2) is 0 Å². The van der Waals surface area contributed by atoms with Gasteiger partial charge in [0, 0.05) is 14.2 Å². The standard InChI is InChI=1S/C17H34NO7PSi/c1-8-27(9-2,10-3)25-14(12(4)5)15-17(24-15,16(18)20)13(19)11-26(21,22-6)23-7/h12,14-15H,8-11H2,1-7H3,(H2,18,20)/t14-,15+,17-/m1/s1. The highest BCUT2D eigenvalue weighted by Crippen LogP contribution is 2.51. The number of ketones is 1. The predicted octanol–water partition coefficient (Wildman–Crippen LogP) is 2.71. The van der Waals surface area contributed by atoms with Crippen LogP contribution in [0.3, 0.4) is 0 Å². The zero-order valence-electron chi connectivity index (χ0n) is 17.4. The van der Waals surface area contributed by atoms with E-state index < -0.39 is 51.6 Å². The normalized spacial score (nSPS) is 24.1. The molecule has 10 heteroatoms. The highest BCUT2D eigenvalue weighted by atomic mass is 31.2. The lowest BCUT2D eigenvalue weighted by Crippen LogP contribution is -2.50. The maximum atomic E-state index is 12.8. The molecule has 1 rings (SSSR count). The molecule has 1 aliphatic rings. The predicted molar refractivity (Wildman–Crippen MR) is 105 cm³/mol. The number of epoxide rings is 1. The molecule has 8 nitrogen and oxygen atoms in total. The minimum absolute atomic E-state index is 0.0113. The van der Waals surface area contributed by atoms with Crippen molar-refractivity contribution in [1.29, 1.82) is 0 Å². The third-order valence-corrected chi connectivity index (χ3v) is 12.0. The number of carbonyl (C=O) groups is 2. The van der Waals surface area contributed by atoms with Crippen LogP contribution in [0, 0.1) is 5.92 Å². The van der Waals surface area contributed by atoms with Gasteiger partial charge in [-0.2, -0.15) is 0 Å². The topological polar surface area (TPSA) is 117 Å². The number of hydrogen-bond donors (Lipinski definition) is 1. The average molecular weight is 424 g/mol. The van der Waals surface area contributed by atoms with E-state index in [-0.39, 0.29) is 5.92 Å². The number of carbonyl (C=O) groups excluding carboxylic acids is 2. The average Bonchev–Trinajstić information content (AvgIpc) is 3.40. The van der Waals surface area contributed by atoms with Crippen molar-refractivity contribution in [2.24, 2.45) is 11.7 Å². The van der Waals surface area contributed by atoms with Gasteiger partial charge in [-0.1, -0.05) is 34.6 Å². The Labute approximate surface area is 163 Å². The minimum atomic E-state index is -3.64. The number of nitrogens with two attached hydrogens (primary N) is 1. The summed E-state index contributed by atoms with van der Waals surface area (Å²) in [6, 6.07) is 2.78. The van der Waals surface area contributed by atoms with Crippen LogP contribution in [0.5, 0.6) is 0 Å². The van der Waals surface area contributed by atoms with E-state index in [1.54, 1.807) is 0 Å². The number of primary amides is 1. The molecule has 0 aliphatic carbocycles. The second-order valence-electron chi connectivity index (χ2n) is 7.27. The summed E-state index contributed by atoms with van der Waals surface area (Å²) in [5.41, 5.74) is 3.69. The summed E-state index contributed by atoms with van der Waals surface area (Å²) >= 11 is 0. The van der Waals surface area contributed by atoms with Crippen LogP contribution in [0.25, 0.3) is 0 Å². The molecule has 158 valence electrons. The molecule has 1 saturated heterocycles. The maximum Gasteiger partial charge on any atom is 0.337 e. The van der Waals surface area contributed by atoms with Crippen molar-refractivity contribution in [2.45, 2.75) is 70.6 Å². The SMILES string of the molecule is CC[Si](CC)(CC)O[C@H](C(C)C)[C@@H]1O[C@]1(C(N)=O)C(=O)CP(=O)(OC)OC. The van der Waals surface area contributed by atoms with Gasteiger partial charge in [0.1, 0.15) is 12.3 Å². The lowest BCUT2D eigenvalue weighted by Gasteiger charge is -2.35. The number of ether oxygens (including phenoxy) is 1. The minimum Gasteiger partial charge on any atom is -0.411 e. The Hall–Kier alpha value is -0.573. The summed E-state index contributed by atoms with van der Waals surface area (Å²) in [5.74, 6) is -1.59. The molecular weight excluding hydrogens is 389 g/mol. The van der Waals surface area contributed by atoms with Gasteiger partial charge in [0.15, 0.2) is 14.1 Å². The van der Waals surface area contributed by atoms with E-state index in [0.717, 1.165) is 18.1 Å². The van der Waals surface area contributed by atoms with E-state index in [1.165, 1.54) is 14.2 Å². The molecule has 1 aliphatic heterocycles. The third-order valence-electron chi connectivity index (χ3n) is 5.60. The monoisotopic (exact) mass is 423 g/mol. The van der Waals surface area contributed by atoms with Crippen LogP contribution in [0.15, 0.2) is 0 Å². The lowest BCUT2D eigenvalue weighted by atomic mass is 9.92. The molecule has 1 amide bonds. The molecule has 0 aromatic heterocycles. The number of Topliss-reactive ketones (excluding diaryl/α,β-unsaturated/α-hetero) is 1. The van der Waals surface area contributed by atoms with E-state index in [4.69, 9.17) is 23.9 Å². The molecule has 0 bridgehead atoms. The fourth-order valence-electron chi connectivity index (χ4n) is 3.36. The molecule has 27 heavy (non-hydrogen) atoms. The van der Waals surface area contributed by atoms with Crippen LogP contribution in [0.4, 0.5) is 0 Å². The summed E-state index contributed by atoms with van der Waals surface area (Å²) in [6.07, 6.45) is -1.82. The van der Waals surface area contributed by atoms with Gasteiger partial charge in [0.05, 0.1) is 6.10 Å². The Bertz CT molecular complexity index is 580. The highest BCUT2D eigenvalue weighted by molar-refractivity contribution is 7.54. The molecule has 0 aromatic carbocycles. The van der Waals surface area contributed by atoms with E-state index in [2.05, 4.69) is 20.8 Å². The van der Waals surface area contributed by atoms with Crippen LogP contribution in [-0.4, -0.2) is 58.2 Å². The molecule has 0 aromatic rings. The van der Waals surface area contributed by atoms with Crippen LogP contribution in [0.1, 0.15) is 34.6 Å². The van der Waals surface area contributed by atoms with Crippen molar-refractivity contribution in [3.8, 4) is 0 Å². The summed E-state index contributed by atoms with van der Waals surface area (Å²) in [5, 5.41) is 0. The zero-order chi connectivity index (χ0) is 21.0. The van der Waals surface area contributed by atoms with Gasteiger partial charge < -0.3 is 23.9 Å². The number of rotatable bonds is 13. The second kappa shape index (κ2) is 9.28. The molecule has 0 radical (unpaired) electrons. The number of hydrogen-bond acceptors (Lipinski definition) is 7. The van der Waals surface area contributed by atoms with Gasteiger partial charge in [0.2, 0.25) is 5.60 Å². The van der Waals surface area contributed by atoms with Gasteiger partial charge in [-0.05, 0) is 24.1 Å². The Morgan fingerprint density at radius 1 is 1.15 bits per heavy atom. The van der Waals surface area contributed by atoms with Crippen molar-refractivity contribution in [3.63, 3.8) is 0 Å². The smallest absolute Gasteiger partial charge is 0.337 e. The van der Waals surface area contributed by atoms with Crippen molar-refractivity contribution < 1.29 is 32.4 Å². The molecule has 1 heterocycles. The second-order valence-corrected chi connectivity index (χ2v) is 14.3. The van der Waals surface area contributed by atoms with Gasteiger partial charge >= 0.3 is 7.60 Å². The highest BCUT2D eigenvalue weighted by Gasteiger charge is 2.71. The van der Waals surface area contributed by atoms with Crippen molar-refractivity contribution >= 4 is 27.6 Å². The van der Waals surface area contributed by atoms with Gasteiger partial charge in [-0.3, -0.25) is 14.2 Å². The van der Waals surface area contributed by atoms with Crippen molar-refractivity contribution in [1.82, 2.24) is 0 Å².